The van der Waals surface area contributed by atoms with Crippen molar-refractivity contribution in [2.45, 2.75) is 25.5 Å². The molecule has 2 atom stereocenters. The molecule has 2 rings (SSSR count). The average Bonchev–Trinajstić information content (AvgIpc) is 2.47. The quantitative estimate of drug-likeness (QED) is 0.767. The van der Waals surface area contributed by atoms with E-state index in [-0.39, 0.29) is 11.8 Å². The molecule has 1 unspecified atom stereocenters. The second-order valence-corrected chi connectivity index (χ2v) is 5.69. The maximum absolute atomic E-state index is 10.1. The van der Waals surface area contributed by atoms with Crippen LogP contribution in [-0.4, -0.2) is 22.8 Å². The summed E-state index contributed by atoms with van der Waals surface area (Å²) in [5.41, 5.74) is 1.96. The van der Waals surface area contributed by atoms with Crippen molar-refractivity contribution < 1.29 is 10.2 Å². The number of phenols is 1. The van der Waals surface area contributed by atoms with Crippen molar-refractivity contribution in [3.8, 4) is 5.75 Å². The molecule has 3 N–H and O–H groups in total. The number of halogens is 1. The number of hydrogen-bond donors (Lipinski definition) is 3. The summed E-state index contributed by atoms with van der Waals surface area (Å²) in [5.74, 6) is 0.274. The van der Waals surface area contributed by atoms with Gasteiger partial charge < -0.3 is 15.5 Å². The van der Waals surface area contributed by atoms with Gasteiger partial charge in [-0.25, -0.2) is 0 Å². The minimum Gasteiger partial charge on any atom is -0.508 e. The van der Waals surface area contributed by atoms with Crippen molar-refractivity contribution in [2.75, 3.05) is 6.54 Å². The van der Waals surface area contributed by atoms with Gasteiger partial charge >= 0.3 is 0 Å². The number of hydrogen-bond acceptors (Lipinski definition) is 3. The van der Waals surface area contributed by atoms with Crippen LogP contribution in [0.3, 0.4) is 0 Å². The first-order chi connectivity index (χ1) is 10.0. The monoisotopic (exact) mass is 305 g/mol. The highest BCUT2D eigenvalue weighted by Gasteiger charge is 2.10. The molecule has 2 aromatic rings. The van der Waals surface area contributed by atoms with Gasteiger partial charge in [0.05, 0.1) is 6.10 Å². The van der Waals surface area contributed by atoms with E-state index in [0.717, 1.165) is 17.5 Å². The lowest BCUT2D eigenvalue weighted by atomic mass is 10.1. The number of benzene rings is 2. The zero-order valence-electron chi connectivity index (χ0n) is 12.0. The van der Waals surface area contributed by atoms with Crippen molar-refractivity contribution in [3.63, 3.8) is 0 Å². The van der Waals surface area contributed by atoms with Gasteiger partial charge in [0.15, 0.2) is 0 Å². The van der Waals surface area contributed by atoms with E-state index in [0.29, 0.717) is 11.6 Å². The summed E-state index contributed by atoms with van der Waals surface area (Å²) in [7, 11) is 0. The van der Waals surface area contributed by atoms with E-state index in [1.54, 1.807) is 24.3 Å². The Kier molecular flexibility index (Phi) is 5.62. The van der Waals surface area contributed by atoms with Crippen LogP contribution in [-0.2, 0) is 6.42 Å². The third-order valence-corrected chi connectivity index (χ3v) is 3.61. The highest BCUT2D eigenvalue weighted by atomic mass is 35.5. The van der Waals surface area contributed by atoms with Gasteiger partial charge in [0.1, 0.15) is 5.75 Å². The van der Waals surface area contributed by atoms with Gasteiger partial charge in [0.2, 0.25) is 0 Å². The van der Waals surface area contributed by atoms with Crippen molar-refractivity contribution in [2.24, 2.45) is 0 Å². The van der Waals surface area contributed by atoms with Gasteiger partial charge in [0, 0.05) is 17.6 Å². The minimum atomic E-state index is -0.578. The van der Waals surface area contributed by atoms with Crippen LogP contribution in [0.15, 0.2) is 48.5 Å². The fourth-order valence-electron chi connectivity index (χ4n) is 2.20. The summed E-state index contributed by atoms with van der Waals surface area (Å²) in [5, 5.41) is 23.3. The molecule has 0 radical (unpaired) electrons. The minimum absolute atomic E-state index is 0.225. The number of phenolic OH excluding ortho intramolecular Hbond substituents is 1. The molecule has 0 saturated carbocycles. The molecule has 0 heterocycles. The first-order valence-electron chi connectivity index (χ1n) is 6.99. The molecule has 0 fully saturated rings. The van der Waals surface area contributed by atoms with Crippen molar-refractivity contribution >= 4 is 11.6 Å². The molecular formula is C17H20ClNO2. The van der Waals surface area contributed by atoms with E-state index in [1.165, 1.54) is 0 Å². The summed E-state index contributed by atoms with van der Waals surface area (Å²) in [6.07, 6.45) is 0.258. The number of aliphatic hydroxyl groups is 1. The second kappa shape index (κ2) is 7.46. The van der Waals surface area contributed by atoms with E-state index in [1.807, 2.05) is 24.3 Å². The highest BCUT2D eigenvalue weighted by Crippen LogP contribution is 2.17. The molecule has 112 valence electrons. The SMILES string of the molecule is CC(Cc1ccc(O)cc1)NC[C@@H](O)c1cccc(Cl)c1. The first-order valence-corrected chi connectivity index (χ1v) is 7.37. The highest BCUT2D eigenvalue weighted by molar-refractivity contribution is 6.30. The predicted molar refractivity (Wildman–Crippen MR) is 85.7 cm³/mol. The van der Waals surface area contributed by atoms with E-state index in [4.69, 9.17) is 11.6 Å². The van der Waals surface area contributed by atoms with Gasteiger partial charge in [-0.15, -0.1) is 0 Å². The van der Waals surface area contributed by atoms with Crippen molar-refractivity contribution in [3.05, 3.63) is 64.7 Å². The zero-order chi connectivity index (χ0) is 15.2. The summed E-state index contributed by atoms with van der Waals surface area (Å²) in [6, 6.07) is 14.7. The number of aliphatic hydroxyl groups excluding tert-OH is 1. The molecule has 0 saturated heterocycles. The fraction of sp³-hybridized carbons (Fsp3) is 0.294. The summed E-state index contributed by atoms with van der Waals surface area (Å²) < 4.78 is 0. The lowest BCUT2D eigenvalue weighted by Gasteiger charge is -2.17. The number of aromatic hydroxyl groups is 1. The second-order valence-electron chi connectivity index (χ2n) is 5.25. The van der Waals surface area contributed by atoms with E-state index in [9.17, 15) is 10.2 Å². The Bertz CT molecular complexity index is 571. The predicted octanol–water partition coefficient (Wildman–Crippen LogP) is 3.30. The van der Waals surface area contributed by atoms with Crippen molar-refractivity contribution in [1.82, 2.24) is 5.32 Å². The Hall–Kier alpha value is -1.55. The standard InChI is InChI=1S/C17H20ClNO2/c1-12(9-13-5-7-16(20)8-6-13)19-11-17(21)14-3-2-4-15(18)10-14/h2-8,10,12,17,19-21H,9,11H2,1H3/t12?,17-/m1/s1. The first kappa shape index (κ1) is 15.8. The molecule has 0 aliphatic carbocycles. The smallest absolute Gasteiger partial charge is 0.115 e. The topological polar surface area (TPSA) is 52.5 Å². The van der Waals surface area contributed by atoms with Crippen LogP contribution < -0.4 is 5.32 Å². The molecule has 0 aliphatic rings. The number of nitrogens with one attached hydrogen (secondary N) is 1. The van der Waals surface area contributed by atoms with Crippen LogP contribution in [0.2, 0.25) is 5.02 Å². The van der Waals surface area contributed by atoms with Crippen molar-refractivity contribution in [1.29, 1.82) is 0 Å². The van der Waals surface area contributed by atoms with E-state index < -0.39 is 6.10 Å². The Morgan fingerprint density at radius 1 is 1.14 bits per heavy atom. The number of rotatable bonds is 6. The maximum atomic E-state index is 10.1. The summed E-state index contributed by atoms with van der Waals surface area (Å²) in [6.45, 7) is 2.54. The summed E-state index contributed by atoms with van der Waals surface area (Å²) in [4.78, 5) is 0. The van der Waals surface area contributed by atoms with Crippen LogP contribution >= 0.6 is 11.6 Å². The van der Waals surface area contributed by atoms with Crippen LogP contribution in [0.25, 0.3) is 0 Å². The lowest BCUT2D eigenvalue weighted by molar-refractivity contribution is 0.170. The Balaban J connectivity index is 1.83. The van der Waals surface area contributed by atoms with Gasteiger partial charge in [-0.1, -0.05) is 35.9 Å². The molecule has 2 aromatic carbocycles. The third-order valence-electron chi connectivity index (χ3n) is 3.37. The average molecular weight is 306 g/mol. The fourth-order valence-corrected chi connectivity index (χ4v) is 2.40. The normalized spacial score (nSPS) is 13.9. The largest absolute Gasteiger partial charge is 0.508 e. The third kappa shape index (κ3) is 5.05. The van der Waals surface area contributed by atoms with Gasteiger partial charge in [0.25, 0.3) is 0 Å². The Morgan fingerprint density at radius 2 is 1.86 bits per heavy atom. The van der Waals surface area contributed by atoms with Gasteiger partial charge in [-0.2, -0.15) is 0 Å². The molecule has 0 aromatic heterocycles. The van der Waals surface area contributed by atoms with E-state index in [2.05, 4.69) is 12.2 Å². The van der Waals surface area contributed by atoms with Crippen LogP contribution in [0.5, 0.6) is 5.75 Å². The molecule has 3 nitrogen and oxygen atoms in total. The molecule has 21 heavy (non-hydrogen) atoms. The van der Waals surface area contributed by atoms with Gasteiger partial charge in [-0.3, -0.25) is 0 Å². The molecular weight excluding hydrogens is 286 g/mol. The molecule has 4 heteroatoms. The maximum Gasteiger partial charge on any atom is 0.115 e. The van der Waals surface area contributed by atoms with Gasteiger partial charge in [-0.05, 0) is 48.7 Å². The van der Waals surface area contributed by atoms with Crippen LogP contribution in [0, 0.1) is 0 Å². The lowest BCUT2D eigenvalue weighted by Crippen LogP contribution is -2.32. The Labute approximate surface area is 130 Å². The van der Waals surface area contributed by atoms with E-state index >= 15 is 0 Å². The molecule has 0 amide bonds. The molecule has 0 bridgehead atoms. The van der Waals surface area contributed by atoms with Crippen LogP contribution in [0.4, 0.5) is 0 Å². The van der Waals surface area contributed by atoms with Crippen LogP contribution in [0.1, 0.15) is 24.2 Å². The molecule has 0 spiro atoms. The summed E-state index contributed by atoms with van der Waals surface area (Å²) >= 11 is 5.92. The Morgan fingerprint density at radius 3 is 2.52 bits per heavy atom. The molecule has 0 aliphatic heterocycles. The zero-order valence-corrected chi connectivity index (χ0v) is 12.7.